The van der Waals surface area contributed by atoms with Crippen molar-refractivity contribution in [1.82, 2.24) is 9.55 Å². The molecule has 0 atom stereocenters. The molecule has 0 radical (unpaired) electrons. The van der Waals surface area contributed by atoms with Crippen LogP contribution in [-0.2, 0) is 11.8 Å². The van der Waals surface area contributed by atoms with Crippen LogP contribution in [0.4, 0.5) is 5.69 Å². The van der Waals surface area contributed by atoms with Gasteiger partial charge in [0.05, 0.1) is 11.3 Å². The van der Waals surface area contributed by atoms with Gasteiger partial charge in [-0.05, 0) is 29.8 Å². The van der Waals surface area contributed by atoms with Crippen molar-refractivity contribution < 1.29 is 4.79 Å². The van der Waals surface area contributed by atoms with Gasteiger partial charge in [0.15, 0.2) is 5.16 Å². The van der Waals surface area contributed by atoms with Crippen LogP contribution in [0, 0.1) is 0 Å². The molecule has 0 saturated carbocycles. The van der Waals surface area contributed by atoms with E-state index >= 15 is 0 Å². The fourth-order valence-electron chi connectivity index (χ4n) is 2.80. The molecule has 0 spiro atoms. The van der Waals surface area contributed by atoms with E-state index in [1.165, 1.54) is 27.7 Å². The van der Waals surface area contributed by atoms with E-state index in [0.29, 0.717) is 21.1 Å². The van der Waals surface area contributed by atoms with Gasteiger partial charge in [0.25, 0.3) is 5.56 Å². The fourth-order valence-corrected chi connectivity index (χ4v) is 5.05. The Morgan fingerprint density at radius 3 is 2.72 bits per heavy atom. The monoisotopic (exact) mass is 485 g/mol. The molecule has 4 aromatic rings. The molecule has 1 amide bonds. The number of amides is 1. The minimum atomic E-state index is -0.155. The SMILES string of the molecule is Cn1c(SCC(=O)Nc2cccc(Br)c2)nc2cc(-c3ccccc3)sc2c1=O. The van der Waals surface area contributed by atoms with E-state index in [1.807, 2.05) is 60.7 Å². The standard InChI is InChI=1S/C21H16BrN3O2S2/c1-25-20(27)19-16(11-17(29-19)13-6-3-2-4-7-13)24-21(25)28-12-18(26)23-15-9-5-8-14(22)10-15/h2-11H,12H2,1H3,(H,23,26). The van der Waals surface area contributed by atoms with Gasteiger partial charge in [-0.2, -0.15) is 0 Å². The van der Waals surface area contributed by atoms with Crippen LogP contribution in [0.2, 0.25) is 0 Å². The second-order valence-electron chi connectivity index (χ2n) is 6.30. The highest BCUT2D eigenvalue weighted by atomic mass is 79.9. The number of fused-ring (bicyclic) bond motifs is 1. The minimum Gasteiger partial charge on any atom is -0.325 e. The molecule has 2 aromatic heterocycles. The first-order chi connectivity index (χ1) is 14.0. The van der Waals surface area contributed by atoms with E-state index in [-0.39, 0.29) is 17.2 Å². The Labute approximate surface area is 183 Å². The average Bonchev–Trinajstić information content (AvgIpc) is 3.15. The molecule has 29 heavy (non-hydrogen) atoms. The Bertz CT molecular complexity index is 1250. The summed E-state index contributed by atoms with van der Waals surface area (Å²) in [6.07, 6.45) is 0. The van der Waals surface area contributed by atoms with Crippen LogP contribution in [-0.4, -0.2) is 21.2 Å². The van der Waals surface area contributed by atoms with Crippen molar-refractivity contribution in [3.63, 3.8) is 0 Å². The molecule has 2 aromatic carbocycles. The molecule has 0 unspecified atom stereocenters. The van der Waals surface area contributed by atoms with Crippen LogP contribution in [0.1, 0.15) is 0 Å². The second kappa shape index (κ2) is 8.52. The van der Waals surface area contributed by atoms with Gasteiger partial charge < -0.3 is 5.32 Å². The first-order valence-corrected chi connectivity index (χ1v) is 11.3. The predicted molar refractivity (Wildman–Crippen MR) is 124 cm³/mol. The maximum absolute atomic E-state index is 12.8. The molecule has 0 aliphatic rings. The van der Waals surface area contributed by atoms with Gasteiger partial charge in [0, 0.05) is 22.1 Å². The second-order valence-corrected chi connectivity index (χ2v) is 9.21. The number of benzene rings is 2. The number of anilines is 1. The lowest BCUT2D eigenvalue weighted by Gasteiger charge is -2.08. The lowest BCUT2D eigenvalue weighted by molar-refractivity contribution is -0.113. The lowest BCUT2D eigenvalue weighted by atomic mass is 10.2. The van der Waals surface area contributed by atoms with Crippen molar-refractivity contribution in [2.75, 3.05) is 11.1 Å². The summed E-state index contributed by atoms with van der Waals surface area (Å²) in [4.78, 5) is 30.7. The fraction of sp³-hybridized carbons (Fsp3) is 0.0952. The summed E-state index contributed by atoms with van der Waals surface area (Å²) in [7, 11) is 1.69. The Morgan fingerprint density at radius 2 is 1.97 bits per heavy atom. The van der Waals surface area contributed by atoms with Gasteiger partial charge in [-0.15, -0.1) is 11.3 Å². The van der Waals surface area contributed by atoms with E-state index in [0.717, 1.165) is 14.9 Å². The highest BCUT2D eigenvalue weighted by molar-refractivity contribution is 9.10. The number of thioether (sulfide) groups is 1. The Morgan fingerprint density at radius 1 is 1.17 bits per heavy atom. The molecule has 0 saturated heterocycles. The van der Waals surface area contributed by atoms with E-state index in [2.05, 4.69) is 26.2 Å². The summed E-state index contributed by atoms with van der Waals surface area (Å²) in [6.45, 7) is 0. The molecular weight excluding hydrogens is 470 g/mol. The summed E-state index contributed by atoms with van der Waals surface area (Å²) in [5.74, 6) is 0.00582. The van der Waals surface area contributed by atoms with Crippen LogP contribution < -0.4 is 10.9 Å². The molecule has 8 heteroatoms. The maximum Gasteiger partial charge on any atom is 0.271 e. The van der Waals surface area contributed by atoms with Crippen LogP contribution in [0.5, 0.6) is 0 Å². The number of thiophene rings is 1. The molecule has 0 aliphatic heterocycles. The first-order valence-electron chi connectivity index (χ1n) is 8.75. The van der Waals surface area contributed by atoms with Crippen LogP contribution in [0.3, 0.4) is 0 Å². The van der Waals surface area contributed by atoms with Crippen molar-refractivity contribution in [3.05, 3.63) is 75.5 Å². The Hall–Kier alpha value is -2.42. The summed E-state index contributed by atoms with van der Waals surface area (Å²) in [5, 5.41) is 3.36. The lowest BCUT2D eigenvalue weighted by Crippen LogP contribution is -2.20. The van der Waals surface area contributed by atoms with E-state index < -0.39 is 0 Å². The molecule has 146 valence electrons. The van der Waals surface area contributed by atoms with E-state index in [4.69, 9.17) is 0 Å². The molecular formula is C21H16BrN3O2S2. The number of aromatic nitrogens is 2. The number of hydrogen-bond donors (Lipinski definition) is 1. The normalized spacial score (nSPS) is 11.0. The third-order valence-corrected chi connectivity index (χ3v) is 6.90. The van der Waals surface area contributed by atoms with Crippen LogP contribution in [0.25, 0.3) is 20.7 Å². The molecule has 1 N–H and O–H groups in total. The molecule has 4 rings (SSSR count). The highest BCUT2D eigenvalue weighted by Crippen LogP contribution is 2.31. The number of carbonyl (C=O) groups is 1. The minimum absolute atomic E-state index is 0.0999. The number of rotatable bonds is 5. The number of nitrogens with zero attached hydrogens (tertiary/aromatic N) is 2. The smallest absolute Gasteiger partial charge is 0.271 e. The molecule has 2 heterocycles. The average molecular weight is 486 g/mol. The predicted octanol–water partition coefficient (Wildman–Crippen LogP) is 5.16. The van der Waals surface area contributed by atoms with Crippen molar-refractivity contribution in [1.29, 1.82) is 0 Å². The highest BCUT2D eigenvalue weighted by Gasteiger charge is 2.14. The summed E-state index contributed by atoms with van der Waals surface area (Å²) < 4.78 is 3.02. The quantitative estimate of drug-likeness (QED) is 0.313. The van der Waals surface area contributed by atoms with Gasteiger partial charge in [-0.1, -0.05) is 64.1 Å². The maximum atomic E-state index is 12.8. The number of nitrogens with one attached hydrogen (secondary N) is 1. The number of halogens is 1. The Balaban J connectivity index is 1.55. The van der Waals surface area contributed by atoms with Crippen LogP contribution in [0.15, 0.2) is 75.1 Å². The van der Waals surface area contributed by atoms with Crippen molar-refractivity contribution in [2.45, 2.75) is 5.16 Å². The summed E-state index contributed by atoms with van der Waals surface area (Å²) in [5.41, 5.74) is 2.33. The van der Waals surface area contributed by atoms with Gasteiger partial charge in [-0.25, -0.2) is 4.98 Å². The topological polar surface area (TPSA) is 64.0 Å². The largest absolute Gasteiger partial charge is 0.325 e. The van der Waals surface area contributed by atoms with Crippen LogP contribution >= 0.6 is 39.0 Å². The molecule has 0 fully saturated rings. The van der Waals surface area contributed by atoms with Gasteiger partial charge >= 0.3 is 0 Å². The summed E-state index contributed by atoms with van der Waals surface area (Å²) in [6, 6.07) is 19.3. The van der Waals surface area contributed by atoms with Gasteiger partial charge in [0.1, 0.15) is 4.70 Å². The summed E-state index contributed by atoms with van der Waals surface area (Å²) >= 11 is 6.07. The molecule has 5 nitrogen and oxygen atoms in total. The first kappa shape index (κ1) is 19.9. The zero-order chi connectivity index (χ0) is 20.4. The third kappa shape index (κ3) is 4.44. The third-order valence-electron chi connectivity index (χ3n) is 4.21. The van der Waals surface area contributed by atoms with Gasteiger partial charge in [-0.3, -0.25) is 14.2 Å². The van der Waals surface area contributed by atoms with E-state index in [1.54, 1.807) is 7.05 Å². The zero-order valence-corrected chi connectivity index (χ0v) is 18.6. The molecule has 0 aliphatic carbocycles. The van der Waals surface area contributed by atoms with Crippen molar-refractivity contribution in [3.8, 4) is 10.4 Å². The number of carbonyl (C=O) groups excluding carboxylic acids is 1. The van der Waals surface area contributed by atoms with E-state index in [9.17, 15) is 9.59 Å². The Kier molecular flexibility index (Phi) is 5.84. The number of hydrogen-bond acceptors (Lipinski definition) is 5. The van der Waals surface area contributed by atoms with Gasteiger partial charge in [0.2, 0.25) is 5.91 Å². The zero-order valence-electron chi connectivity index (χ0n) is 15.4. The van der Waals surface area contributed by atoms with Crippen molar-refractivity contribution >= 4 is 60.8 Å². The van der Waals surface area contributed by atoms with Crippen molar-refractivity contribution in [2.24, 2.45) is 7.05 Å². The molecule has 0 bridgehead atoms.